The van der Waals surface area contributed by atoms with Crippen molar-refractivity contribution < 1.29 is 18.4 Å². The number of nitrogens with zero attached hydrogens (tertiary/aromatic N) is 5. The molecule has 2 amide bonds. The summed E-state index contributed by atoms with van der Waals surface area (Å²) in [6.07, 6.45) is 1.47. The SMILES string of the molecule is Cc1c(C(=O)N2CCN(C(=O)c3ncn(-c4cccc(Cl)c4)n3)C(C)(C)C2)oc2c(F)cccc12. The molecule has 0 N–H and O–H groups in total. The topological polar surface area (TPSA) is 84.5 Å². The second-order valence-electron chi connectivity index (χ2n) is 9.16. The molecule has 1 aliphatic heterocycles. The van der Waals surface area contributed by atoms with Gasteiger partial charge < -0.3 is 14.2 Å². The Morgan fingerprint density at radius 1 is 1.11 bits per heavy atom. The number of aromatic nitrogens is 3. The molecule has 180 valence electrons. The van der Waals surface area contributed by atoms with E-state index in [2.05, 4.69) is 10.1 Å². The van der Waals surface area contributed by atoms with Crippen LogP contribution in [0.4, 0.5) is 4.39 Å². The van der Waals surface area contributed by atoms with E-state index in [1.54, 1.807) is 47.1 Å². The summed E-state index contributed by atoms with van der Waals surface area (Å²) in [5.74, 6) is -0.999. The molecule has 10 heteroatoms. The molecule has 0 radical (unpaired) electrons. The molecule has 0 atom stereocenters. The Morgan fingerprint density at radius 3 is 2.60 bits per heavy atom. The maximum absolute atomic E-state index is 14.2. The number of carbonyl (C=O) groups excluding carboxylic acids is 2. The van der Waals surface area contributed by atoms with Gasteiger partial charge in [0, 0.05) is 35.6 Å². The minimum absolute atomic E-state index is 0.0569. The first-order valence-corrected chi connectivity index (χ1v) is 11.5. The highest BCUT2D eigenvalue weighted by Crippen LogP contribution is 2.30. The van der Waals surface area contributed by atoms with Crippen LogP contribution in [-0.2, 0) is 0 Å². The number of benzene rings is 2. The zero-order chi connectivity index (χ0) is 24.9. The largest absolute Gasteiger partial charge is 0.448 e. The molecule has 0 unspecified atom stereocenters. The third kappa shape index (κ3) is 4.05. The number of hydrogen-bond acceptors (Lipinski definition) is 5. The van der Waals surface area contributed by atoms with Gasteiger partial charge in [-0.1, -0.05) is 29.8 Å². The summed E-state index contributed by atoms with van der Waals surface area (Å²) in [6.45, 7) is 6.35. The van der Waals surface area contributed by atoms with E-state index in [4.69, 9.17) is 16.0 Å². The van der Waals surface area contributed by atoms with Crippen LogP contribution in [0.1, 0.15) is 40.6 Å². The summed E-state index contributed by atoms with van der Waals surface area (Å²) < 4.78 is 21.3. The van der Waals surface area contributed by atoms with E-state index in [0.29, 0.717) is 28.2 Å². The van der Waals surface area contributed by atoms with E-state index >= 15 is 0 Å². The van der Waals surface area contributed by atoms with Gasteiger partial charge in [0.2, 0.25) is 5.82 Å². The molecular weight excluding hydrogens is 473 g/mol. The predicted octanol–water partition coefficient (Wildman–Crippen LogP) is 4.49. The van der Waals surface area contributed by atoms with E-state index in [9.17, 15) is 14.0 Å². The highest BCUT2D eigenvalue weighted by molar-refractivity contribution is 6.30. The van der Waals surface area contributed by atoms with Gasteiger partial charge in [-0.15, -0.1) is 5.10 Å². The molecule has 1 saturated heterocycles. The van der Waals surface area contributed by atoms with Gasteiger partial charge in [-0.25, -0.2) is 14.1 Å². The van der Waals surface area contributed by atoms with Crippen molar-refractivity contribution in [2.24, 2.45) is 0 Å². The van der Waals surface area contributed by atoms with Gasteiger partial charge in [-0.3, -0.25) is 9.59 Å². The summed E-state index contributed by atoms with van der Waals surface area (Å²) in [5, 5.41) is 5.46. The molecule has 1 aliphatic rings. The summed E-state index contributed by atoms with van der Waals surface area (Å²) in [4.78, 5) is 34.1. The summed E-state index contributed by atoms with van der Waals surface area (Å²) in [6, 6.07) is 11.7. The average Bonchev–Trinajstić information content (AvgIpc) is 3.44. The number of piperazine rings is 1. The van der Waals surface area contributed by atoms with Crippen LogP contribution in [0.15, 0.2) is 53.2 Å². The highest BCUT2D eigenvalue weighted by atomic mass is 35.5. The maximum atomic E-state index is 14.2. The van der Waals surface area contributed by atoms with E-state index in [1.807, 2.05) is 19.9 Å². The second kappa shape index (κ2) is 8.49. The standard InChI is InChI=1S/C25H23ClFN5O3/c1-15-18-8-5-9-19(27)21(18)35-20(15)23(33)30-10-11-31(25(2,3)13-30)24(34)22-28-14-32(29-22)17-7-4-6-16(26)12-17/h4-9,12,14H,10-11,13H2,1-3H3. The summed E-state index contributed by atoms with van der Waals surface area (Å²) >= 11 is 6.05. The van der Waals surface area contributed by atoms with Gasteiger partial charge in [0.05, 0.1) is 11.2 Å². The molecule has 5 rings (SSSR count). The summed E-state index contributed by atoms with van der Waals surface area (Å²) in [7, 11) is 0. The Labute approximate surface area is 205 Å². The number of rotatable bonds is 3. The Kier molecular flexibility index (Phi) is 5.59. The zero-order valence-corrected chi connectivity index (χ0v) is 20.2. The molecule has 0 spiro atoms. The average molecular weight is 496 g/mol. The fourth-order valence-electron chi connectivity index (χ4n) is 4.49. The van der Waals surface area contributed by atoms with Gasteiger partial charge in [0.15, 0.2) is 17.2 Å². The van der Waals surface area contributed by atoms with Crippen LogP contribution >= 0.6 is 11.6 Å². The van der Waals surface area contributed by atoms with Crippen molar-refractivity contribution in [1.82, 2.24) is 24.6 Å². The van der Waals surface area contributed by atoms with Crippen LogP contribution in [0, 0.1) is 12.7 Å². The number of furan rings is 1. The van der Waals surface area contributed by atoms with E-state index in [-0.39, 0.29) is 42.1 Å². The first-order chi connectivity index (χ1) is 16.7. The van der Waals surface area contributed by atoms with Gasteiger partial charge in [0.1, 0.15) is 6.33 Å². The maximum Gasteiger partial charge on any atom is 0.294 e. The van der Waals surface area contributed by atoms with Gasteiger partial charge in [0.25, 0.3) is 11.8 Å². The Balaban J connectivity index is 1.35. The number of para-hydroxylation sites is 1. The highest BCUT2D eigenvalue weighted by Gasteiger charge is 2.41. The van der Waals surface area contributed by atoms with Crippen molar-refractivity contribution >= 4 is 34.4 Å². The molecule has 35 heavy (non-hydrogen) atoms. The first kappa shape index (κ1) is 23.0. The quantitative estimate of drug-likeness (QED) is 0.418. The lowest BCUT2D eigenvalue weighted by atomic mass is 9.98. The third-order valence-electron chi connectivity index (χ3n) is 6.30. The van der Waals surface area contributed by atoms with Crippen molar-refractivity contribution in [3.05, 3.63) is 76.8 Å². The number of amides is 2. The van der Waals surface area contributed by atoms with Crippen LogP contribution in [0.3, 0.4) is 0 Å². The zero-order valence-electron chi connectivity index (χ0n) is 19.5. The van der Waals surface area contributed by atoms with E-state index in [0.717, 1.165) is 0 Å². The molecule has 2 aromatic heterocycles. The predicted molar refractivity (Wildman–Crippen MR) is 128 cm³/mol. The lowest BCUT2D eigenvalue weighted by Gasteiger charge is -2.46. The molecule has 3 heterocycles. The minimum atomic E-state index is -0.697. The van der Waals surface area contributed by atoms with Gasteiger partial charge >= 0.3 is 0 Å². The smallest absolute Gasteiger partial charge is 0.294 e. The molecule has 1 fully saturated rings. The molecule has 4 aromatic rings. The van der Waals surface area contributed by atoms with E-state index < -0.39 is 11.4 Å². The third-order valence-corrected chi connectivity index (χ3v) is 6.54. The molecule has 0 saturated carbocycles. The first-order valence-electron chi connectivity index (χ1n) is 11.1. The lowest BCUT2D eigenvalue weighted by molar-refractivity contribution is 0.0149. The molecule has 0 bridgehead atoms. The molecule has 0 aliphatic carbocycles. The van der Waals surface area contributed by atoms with Gasteiger partial charge in [-0.05, 0) is 45.0 Å². The number of aryl methyl sites for hydroxylation is 1. The second-order valence-corrected chi connectivity index (χ2v) is 9.60. The number of carbonyl (C=O) groups is 2. The van der Waals surface area contributed by atoms with Gasteiger partial charge in [-0.2, -0.15) is 0 Å². The van der Waals surface area contributed by atoms with Crippen molar-refractivity contribution in [1.29, 1.82) is 0 Å². The number of fused-ring (bicyclic) bond motifs is 1. The fourth-order valence-corrected chi connectivity index (χ4v) is 4.67. The van der Waals surface area contributed by atoms with Crippen LogP contribution in [0.5, 0.6) is 0 Å². The van der Waals surface area contributed by atoms with Crippen LogP contribution < -0.4 is 0 Å². The Morgan fingerprint density at radius 2 is 1.89 bits per heavy atom. The van der Waals surface area contributed by atoms with Crippen molar-refractivity contribution in [3.8, 4) is 5.69 Å². The van der Waals surface area contributed by atoms with Crippen LogP contribution in [0.2, 0.25) is 5.02 Å². The van der Waals surface area contributed by atoms with E-state index in [1.165, 1.54) is 17.1 Å². The number of hydrogen-bond donors (Lipinski definition) is 0. The normalized spacial score (nSPS) is 15.6. The minimum Gasteiger partial charge on any atom is -0.448 e. The van der Waals surface area contributed by atoms with Crippen LogP contribution in [0.25, 0.3) is 16.7 Å². The Hall–Kier alpha value is -3.72. The monoisotopic (exact) mass is 495 g/mol. The Bertz CT molecular complexity index is 1460. The van der Waals surface area contributed by atoms with Crippen molar-refractivity contribution in [3.63, 3.8) is 0 Å². The van der Waals surface area contributed by atoms with Crippen LogP contribution in [-0.4, -0.2) is 61.6 Å². The molecule has 2 aromatic carbocycles. The molecule has 8 nitrogen and oxygen atoms in total. The van der Waals surface area contributed by atoms with Crippen molar-refractivity contribution in [2.45, 2.75) is 26.3 Å². The molecular formula is C25H23ClFN5O3. The fraction of sp³-hybridized carbons (Fsp3) is 0.280. The summed E-state index contributed by atoms with van der Waals surface area (Å²) in [5.41, 5.74) is 0.660. The number of halogens is 2. The van der Waals surface area contributed by atoms with Crippen molar-refractivity contribution in [2.75, 3.05) is 19.6 Å². The lowest BCUT2D eigenvalue weighted by Crippen LogP contribution is -2.62.